The van der Waals surface area contributed by atoms with Gasteiger partial charge in [0.1, 0.15) is 0 Å². The molecule has 0 aliphatic heterocycles. The lowest BCUT2D eigenvalue weighted by Gasteiger charge is -2.37. The molecule has 0 saturated heterocycles. The Bertz CT molecular complexity index is 247. The lowest BCUT2D eigenvalue weighted by Crippen LogP contribution is -2.47. The van der Waals surface area contributed by atoms with Gasteiger partial charge in [0.15, 0.2) is 0 Å². The van der Waals surface area contributed by atoms with Crippen molar-refractivity contribution in [1.82, 2.24) is 4.90 Å². The molecule has 1 saturated carbocycles. The maximum Gasteiger partial charge on any atom is 0.306 e. The van der Waals surface area contributed by atoms with Crippen LogP contribution >= 0.6 is 0 Å². The van der Waals surface area contributed by atoms with Gasteiger partial charge in [0.2, 0.25) is 0 Å². The van der Waals surface area contributed by atoms with E-state index >= 15 is 0 Å². The molecule has 0 aromatic rings. The standard InChI is InChI=1S/C13H25NO4/c1-17-10-9-14(8-7-13(16)18-2)11-5-3-4-6-12(11)15/h11-12,15H,3-10H2,1-2H3. The first-order valence-corrected chi connectivity index (χ1v) is 6.67. The van der Waals surface area contributed by atoms with Crippen molar-refractivity contribution in [2.24, 2.45) is 0 Å². The Morgan fingerprint density at radius 1 is 1.28 bits per heavy atom. The highest BCUT2D eigenvalue weighted by molar-refractivity contribution is 5.69. The molecule has 1 aliphatic rings. The van der Waals surface area contributed by atoms with Gasteiger partial charge in [-0.1, -0.05) is 12.8 Å². The van der Waals surface area contributed by atoms with Gasteiger partial charge in [-0.15, -0.1) is 0 Å². The van der Waals surface area contributed by atoms with Gasteiger partial charge in [0.05, 0.1) is 26.2 Å². The highest BCUT2D eigenvalue weighted by atomic mass is 16.5. The van der Waals surface area contributed by atoms with Gasteiger partial charge in [-0.05, 0) is 12.8 Å². The Morgan fingerprint density at radius 2 is 2.00 bits per heavy atom. The van der Waals surface area contributed by atoms with Crippen LogP contribution in [0.4, 0.5) is 0 Å². The lowest BCUT2D eigenvalue weighted by molar-refractivity contribution is -0.141. The average Bonchev–Trinajstić information content (AvgIpc) is 2.39. The summed E-state index contributed by atoms with van der Waals surface area (Å²) in [6, 6.07) is 0.151. The van der Waals surface area contributed by atoms with Crippen LogP contribution < -0.4 is 0 Å². The van der Waals surface area contributed by atoms with Crippen molar-refractivity contribution >= 4 is 5.97 Å². The summed E-state index contributed by atoms with van der Waals surface area (Å²) in [6.07, 6.45) is 4.16. The quantitative estimate of drug-likeness (QED) is 0.685. The van der Waals surface area contributed by atoms with Crippen LogP contribution in [0.2, 0.25) is 0 Å². The fraction of sp³-hybridized carbons (Fsp3) is 0.923. The van der Waals surface area contributed by atoms with Crippen molar-refractivity contribution in [3.8, 4) is 0 Å². The SMILES string of the molecule is COCCN(CCC(=O)OC)C1CCCCC1O. The van der Waals surface area contributed by atoms with Crippen molar-refractivity contribution < 1.29 is 19.4 Å². The van der Waals surface area contributed by atoms with E-state index in [1.807, 2.05) is 0 Å². The molecule has 1 N–H and O–H groups in total. The second-order valence-corrected chi connectivity index (χ2v) is 4.77. The summed E-state index contributed by atoms with van der Waals surface area (Å²) in [5.41, 5.74) is 0. The second-order valence-electron chi connectivity index (χ2n) is 4.77. The molecule has 1 fully saturated rings. The zero-order valence-electron chi connectivity index (χ0n) is 11.4. The molecule has 1 rings (SSSR count). The molecule has 0 aromatic heterocycles. The summed E-state index contributed by atoms with van der Waals surface area (Å²) < 4.78 is 9.75. The molecule has 0 radical (unpaired) electrons. The number of carbonyl (C=O) groups excluding carboxylic acids is 1. The van der Waals surface area contributed by atoms with E-state index in [9.17, 15) is 9.90 Å². The number of rotatable bonds is 7. The molecular weight excluding hydrogens is 234 g/mol. The largest absolute Gasteiger partial charge is 0.469 e. The van der Waals surface area contributed by atoms with Crippen LogP contribution in [0.25, 0.3) is 0 Å². The van der Waals surface area contributed by atoms with Crippen molar-refractivity contribution in [2.75, 3.05) is 33.9 Å². The normalized spacial score (nSPS) is 24.2. The van der Waals surface area contributed by atoms with Crippen LogP contribution in [0.3, 0.4) is 0 Å². The van der Waals surface area contributed by atoms with E-state index in [2.05, 4.69) is 9.64 Å². The maximum absolute atomic E-state index is 11.2. The first-order chi connectivity index (χ1) is 8.69. The minimum Gasteiger partial charge on any atom is -0.469 e. The minimum atomic E-state index is -0.284. The van der Waals surface area contributed by atoms with E-state index in [1.165, 1.54) is 7.11 Å². The van der Waals surface area contributed by atoms with E-state index in [4.69, 9.17) is 4.74 Å². The third kappa shape index (κ3) is 4.92. The minimum absolute atomic E-state index is 0.151. The number of nitrogens with zero attached hydrogens (tertiary/aromatic N) is 1. The highest BCUT2D eigenvalue weighted by Crippen LogP contribution is 2.23. The number of carbonyl (C=O) groups is 1. The molecular formula is C13H25NO4. The van der Waals surface area contributed by atoms with Crippen molar-refractivity contribution in [2.45, 2.75) is 44.2 Å². The first kappa shape index (κ1) is 15.4. The molecule has 0 bridgehead atoms. The summed E-state index contributed by atoms with van der Waals surface area (Å²) in [6.45, 7) is 1.98. The topological polar surface area (TPSA) is 59.0 Å². The van der Waals surface area contributed by atoms with Gasteiger partial charge in [0.25, 0.3) is 0 Å². The number of esters is 1. The monoisotopic (exact) mass is 259 g/mol. The molecule has 0 heterocycles. The maximum atomic E-state index is 11.2. The van der Waals surface area contributed by atoms with E-state index in [0.29, 0.717) is 19.6 Å². The number of hydrogen-bond donors (Lipinski definition) is 1. The Kier molecular flexibility index (Phi) is 7.23. The molecule has 0 spiro atoms. The second kappa shape index (κ2) is 8.45. The Balaban J connectivity index is 2.49. The summed E-state index contributed by atoms with van der Waals surface area (Å²) in [5, 5.41) is 10.1. The number of ether oxygens (including phenoxy) is 2. The zero-order chi connectivity index (χ0) is 13.4. The predicted octanol–water partition coefficient (Wildman–Crippen LogP) is 0.801. The number of hydrogen-bond acceptors (Lipinski definition) is 5. The lowest BCUT2D eigenvalue weighted by atomic mass is 9.91. The number of aliphatic hydroxyl groups is 1. The van der Waals surface area contributed by atoms with Crippen LogP contribution in [-0.4, -0.2) is 62.0 Å². The molecule has 0 aromatic carbocycles. The summed E-state index contributed by atoms with van der Waals surface area (Å²) >= 11 is 0. The van der Waals surface area contributed by atoms with Crippen molar-refractivity contribution in [1.29, 1.82) is 0 Å². The fourth-order valence-electron chi connectivity index (χ4n) is 2.51. The van der Waals surface area contributed by atoms with Crippen molar-refractivity contribution in [3.63, 3.8) is 0 Å². The molecule has 18 heavy (non-hydrogen) atoms. The van der Waals surface area contributed by atoms with Gasteiger partial charge < -0.3 is 14.6 Å². The molecule has 2 atom stereocenters. The summed E-state index contributed by atoms with van der Waals surface area (Å²) in [7, 11) is 3.06. The fourth-order valence-corrected chi connectivity index (χ4v) is 2.51. The van der Waals surface area contributed by atoms with Crippen molar-refractivity contribution in [3.05, 3.63) is 0 Å². The molecule has 1 aliphatic carbocycles. The van der Waals surface area contributed by atoms with Crippen LogP contribution in [0, 0.1) is 0 Å². The number of aliphatic hydroxyl groups excluding tert-OH is 1. The van der Waals surface area contributed by atoms with Gasteiger partial charge in [-0.2, -0.15) is 0 Å². The predicted molar refractivity (Wildman–Crippen MR) is 68.3 cm³/mol. The summed E-state index contributed by atoms with van der Waals surface area (Å²) in [4.78, 5) is 13.4. The highest BCUT2D eigenvalue weighted by Gasteiger charge is 2.28. The van der Waals surface area contributed by atoms with E-state index < -0.39 is 0 Å². The Morgan fingerprint density at radius 3 is 2.61 bits per heavy atom. The zero-order valence-corrected chi connectivity index (χ0v) is 11.4. The molecule has 5 heteroatoms. The van der Waals surface area contributed by atoms with Crippen LogP contribution in [0.15, 0.2) is 0 Å². The molecule has 0 amide bonds. The Labute approximate surface area is 109 Å². The third-order valence-corrected chi connectivity index (χ3v) is 3.58. The van der Waals surface area contributed by atoms with Gasteiger partial charge in [-0.25, -0.2) is 0 Å². The van der Waals surface area contributed by atoms with E-state index in [1.54, 1.807) is 7.11 Å². The molecule has 2 unspecified atom stereocenters. The van der Waals surface area contributed by atoms with E-state index in [-0.39, 0.29) is 18.1 Å². The Hall–Kier alpha value is -0.650. The van der Waals surface area contributed by atoms with Gasteiger partial charge in [0, 0.05) is 26.2 Å². The van der Waals surface area contributed by atoms with Crippen LogP contribution in [0.1, 0.15) is 32.1 Å². The molecule has 5 nitrogen and oxygen atoms in total. The number of methoxy groups -OCH3 is 2. The summed E-state index contributed by atoms with van der Waals surface area (Å²) in [5.74, 6) is -0.206. The van der Waals surface area contributed by atoms with Crippen LogP contribution in [-0.2, 0) is 14.3 Å². The van der Waals surface area contributed by atoms with Crippen LogP contribution in [0.5, 0.6) is 0 Å². The third-order valence-electron chi connectivity index (χ3n) is 3.58. The van der Waals surface area contributed by atoms with Gasteiger partial charge in [-0.3, -0.25) is 9.69 Å². The molecule has 106 valence electrons. The first-order valence-electron chi connectivity index (χ1n) is 6.67. The van der Waals surface area contributed by atoms with Gasteiger partial charge >= 0.3 is 5.97 Å². The van der Waals surface area contributed by atoms with E-state index in [0.717, 1.165) is 32.2 Å². The average molecular weight is 259 g/mol. The smallest absolute Gasteiger partial charge is 0.306 e.